The summed E-state index contributed by atoms with van der Waals surface area (Å²) in [5.74, 6) is -0.656. The van der Waals surface area contributed by atoms with Gasteiger partial charge in [-0.25, -0.2) is 4.79 Å². The van der Waals surface area contributed by atoms with E-state index in [2.05, 4.69) is 0 Å². The third kappa shape index (κ3) is 3.57. The second kappa shape index (κ2) is 7.88. The second-order valence-electron chi connectivity index (χ2n) is 7.27. The van der Waals surface area contributed by atoms with Crippen LogP contribution in [0, 0.1) is 0 Å². The fourth-order valence-electron chi connectivity index (χ4n) is 4.00. The van der Waals surface area contributed by atoms with E-state index in [9.17, 15) is 25.2 Å². The predicted octanol–water partition coefficient (Wildman–Crippen LogP) is 4.88. The summed E-state index contributed by atoms with van der Waals surface area (Å²) in [4.78, 5) is 11.4. The molecular formula is C26H20O5. The first-order chi connectivity index (χ1) is 14.9. The van der Waals surface area contributed by atoms with Gasteiger partial charge in [-0.1, -0.05) is 48.5 Å². The average Bonchev–Trinajstić information content (AvgIpc) is 2.78. The van der Waals surface area contributed by atoms with Crippen LogP contribution in [-0.2, 0) is 5.41 Å². The van der Waals surface area contributed by atoms with Crippen molar-refractivity contribution >= 4 is 5.97 Å². The van der Waals surface area contributed by atoms with Crippen molar-refractivity contribution in [1.29, 1.82) is 0 Å². The number of phenols is 3. The molecule has 0 saturated heterocycles. The van der Waals surface area contributed by atoms with Gasteiger partial charge in [0, 0.05) is 0 Å². The van der Waals surface area contributed by atoms with E-state index in [1.807, 2.05) is 0 Å². The number of carbonyl (C=O) groups is 1. The minimum absolute atomic E-state index is 0.121. The van der Waals surface area contributed by atoms with Gasteiger partial charge < -0.3 is 20.4 Å². The van der Waals surface area contributed by atoms with Crippen molar-refractivity contribution in [3.05, 3.63) is 125 Å². The number of aromatic hydroxyl groups is 3. The van der Waals surface area contributed by atoms with E-state index in [-0.39, 0.29) is 22.8 Å². The van der Waals surface area contributed by atoms with Crippen LogP contribution in [0.25, 0.3) is 0 Å². The van der Waals surface area contributed by atoms with E-state index in [4.69, 9.17) is 0 Å². The standard InChI is InChI=1S/C26H20O5/c27-22-11-5-19(6-12-22)26(20-7-13-23(28)14-8-20,21-9-15-24(29)16-10-21)18-3-1-17(2-4-18)25(30)31/h1-16,27-29H,(H,30,31). The predicted molar refractivity (Wildman–Crippen MR) is 117 cm³/mol. The van der Waals surface area contributed by atoms with E-state index in [1.54, 1.807) is 97.1 Å². The van der Waals surface area contributed by atoms with E-state index in [0.29, 0.717) is 0 Å². The molecule has 0 amide bonds. The van der Waals surface area contributed by atoms with Crippen LogP contribution >= 0.6 is 0 Å². The van der Waals surface area contributed by atoms with Crippen LogP contribution in [0.5, 0.6) is 17.2 Å². The average molecular weight is 412 g/mol. The molecule has 0 unspecified atom stereocenters. The molecule has 31 heavy (non-hydrogen) atoms. The molecule has 5 nitrogen and oxygen atoms in total. The first-order valence-corrected chi connectivity index (χ1v) is 9.63. The number of hydrogen-bond donors (Lipinski definition) is 4. The summed E-state index contributed by atoms with van der Waals surface area (Å²) >= 11 is 0. The lowest BCUT2D eigenvalue weighted by Gasteiger charge is -2.37. The third-order valence-electron chi connectivity index (χ3n) is 5.47. The van der Waals surface area contributed by atoms with Gasteiger partial charge in [-0.05, 0) is 70.8 Å². The van der Waals surface area contributed by atoms with Gasteiger partial charge in [0.05, 0.1) is 11.0 Å². The number of carboxylic acids is 1. The summed E-state index contributed by atoms with van der Waals surface area (Å²) in [6.07, 6.45) is 0. The lowest BCUT2D eigenvalue weighted by Crippen LogP contribution is -2.31. The Kier molecular flexibility index (Phi) is 5.09. The highest BCUT2D eigenvalue weighted by Gasteiger charge is 2.38. The zero-order valence-corrected chi connectivity index (χ0v) is 16.4. The number of carboxylic acid groups (broad SMARTS) is 1. The highest BCUT2D eigenvalue weighted by molar-refractivity contribution is 5.87. The Balaban J connectivity index is 2.09. The molecule has 0 heterocycles. The van der Waals surface area contributed by atoms with Gasteiger partial charge in [-0.2, -0.15) is 0 Å². The van der Waals surface area contributed by atoms with Gasteiger partial charge in [0.2, 0.25) is 0 Å². The fourth-order valence-corrected chi connectivity index (χ4v) is 4.00. The molecule has 0 saturated carbocycles. The number of phenolic OH excluding ortho intramolecular Hbond substituents is 3. The molecule has 4 aromatic carbocycles. The maximum Gasteiger partial charge on any atom is 0.335 e. The van der Waals surface area contributed by atoms with Crippen molar-refractivity contribution in [2.45, 2.75) is 5.41 Å². The van der Waals surface area contributed by atoms with E-state index < -0.39 is 11.4 Å². The SMILES string of the molecule is O=C(O)c1ccc(C(c2ccc(O)cc2)(c2ccc(O)cc2)c2ccc(O)cc2)cc1. The van der Waals surface area contributed by atoms with Crippen LogP contribution in [-0.4, -0.2) is 26.4 Å². The molecule has 0 atom stereocenters. The van der Waals surface area contributed by atoms with E-state index >= 15 is 0 Å². The van der Waals surface area contributed by atoms with Crippen molar-refractivity contribution < 1.29 is 25.2 Å². The minimum atomic E-state index is -1.02. The van der Waals surface area contributed by atoms with Crippen LogP contribution < -0.4 is 0 Å². The number of aromatic carboxylic acids is 1. The molecule has 0 bridgehead atoms. The molecule has 0 spiro atoms. The Morgan fingerprint density at radius 3 is 1.00 bits per heavy atom. The van der Waals surface area contributed by atoms with Gasteiger partial charge in [0.1, 0.15) is 17.2 Å². The Morgan fingerprint density at radius 2 is 0.742 bits per heavy atom. The van der Waals surface area contributed by atoms with Crippen LogP contribution in [0.1, 0.15) is 32.6 Å². The van der Waals surface area contributed by atoms with Gasteiger partial charge in [0.25, 0.3) is 0 Å². The summed E-state index contributed by atoms with van der Waals surface area (Å²) in [6, 6.07) is 27.0. The molecular weight excluding hydrogens is 392 g/mol. The Hall–Kier alpha value is -4.25. The number of benzene rings is 4. The zero-order valence-electron chi connectivity index (χ0n) is 16.4. The minimum Gasteiger partial charge on any atom is -0.508 e. The highest BCUT2D eigenvalue weighted by Crippen LogP contribution is 2.46. The van der Waals surface area contributed by atoms with Crippen molar-refractivity contribution in [2.24, 2.45) is 0 Å². The quantitative estimate of drug-likeness (QED) is 0.350. The number of hydrogen-bond acceptors (Lipinski definition) is 4. The molecule has 4 rings (SSSR count). The summed E-state index contributed by atoms with van der Waals surface area (Å²) < 4.78 is 0. The van der Waals surface area contributed by atoms with Crippen molar-refractivity contribution in [3.8, 4) is 17.2 Å². The Morgan fingerprint density at radius 1 is 0.484 bits per heavy atom. The largest absolute Gasteiger partial charge is 0.508 e. The Labute approximate surface area is 179 Å². The molecule has 5 heteroatoms. The maximum absolute atomic E-state index is 11.4. The fraction of sp³-hybridized carbons (Fsp3) is 0.0385. The van der Waals surface area contributed by atoms with Gasteiger partial charge in [0.15, 0.2) is 0 Å². The third-order valence-corrected chi connectivity index (χ3v) is 5.47. The van der Waals surface area contributed by atoms with Crippen LogP contribution in [0.2, 0.25) is 0 Å². The summed E-state index contributed by atoms with van der Waals surface area (Å²) in [5.41, 5.74) is 2.53. The molecule has 0 aliphatic heterocycles. The normalized spacial score (nSPS) is 11.2. The first kappa shape index (κ1) is 20.0. The van der Waals surface area contributed by atoms with Gasteiger partial charge >= 0.3 is 5.97 Å². The maximum atomic E-state index is 11.4. The van der Waals surface area contributed by atoms with Crippen molar-refractivity contribution in [2.75, 3.05) is 0 Å². The molecule has 154 valence electrons. The molecule has 4 aromatic rings. The lowest BCUT2D eigenvalue weighted by atomic mass is 9.65. The molecule has 0 aliphatic rings. The van der Waals surface area contributed by atoms with Crippen molar-refractivity contribution in [1.82, 2.24) is 0 Å². The van der Waals surface area contributed by atoms with E-state index in [0.717, 1.165) is 22.3 Å². The Bertz CT molecular complexity index is 1080. The number of rotatable bonds is 5. The molecule has 4 N–H and O–H groups in total. The molecule has 0 aromatic heterocycles. The van der Waals surface area contributed by atoms with Crippen LogP contribution in [0.3, 0.4) is 0 Å². The van der Waals surface area contributed by atoms with E-state index in [1.165, 1.54) is 0 Å². The molecule has 0 aliphatic carbocycles. The molecule has 0 radical (unpaired) electrons. The van der Waals surface area contributed by atoms with Crippen molar-refractivity contribution in [3.63, 3.8) is 0 Å². The monoisotopic (exact) mass is 412 g/mol. The summed E-state index contributed by atoms with van der Waals surface area (Å²) in [5, 5.41) is 39.0. The lowest BCUT2D eigenvalue weighted by molar-refractivity contribution is 0.0697. The van der Waals surface area contributed by atoms with Crippen LogP contribution in [0.15, 0.2) is 97.1 Å². The topological polar surface area (TPSA) is 98.0 Å². The zero-order chi connectivity index (χ0) is 22.0. The molecule has 0 fully saturated rings. The van der Waals surface area contributed by atoms with Crippen LogP contribution in [0.4, 0.5) is 0 Å². The van der Waals surface area contributed by atoms with Gasteiger partial charge in [-0.15, -0.1) is 0 Å². The highest BCUT2D eigenvalue weighted by atomic mass is 16.4. The summed E-state index contributed by atoms with van der Waals surface area (Å²) in [7, 11) is 0. The second-order valence-corrected chi connectivity index (χ2v) is 7.27. The summed E-state index contributed by atoms with van der Waals surface area (Å²) in [6.45, 7) is 0. The smallest absolute Gasteiger partial charge is 0.335 e. The first-order valence-electron chi connectivity index (χ1n) is 9.63. The van der Waals surface area contributed by atoms with Gasteiger partial charge in [-0.3, -0.25) is 0 Å².